The van der Waals surface area contributed by atoms with Crippen molar-refractivity contribution in [3.8, 4) is 0 Å². The standard InChI is InChI=1S/C17H18N2O3/c1-3-13-5-7-14(8-6-13)17(21)19-18-16(20)11-10-15-9-4-12(2)22-15/h4-11H,3H2,1-2H3,(H,18,20)(H,19,21)/b11-10+. The molecule has 0 fully saturated rings. The third-order valence-electron chi connectivity index (χ3n) is 3.08. The molecule has 0 bridgehead atoms. The lowest BCUT2D eigenvalue weighted by Crippen LogP contribution is -2.40. The van der Waals surface area contributed by atoms with Crippen molar-refractivity contribution in [2.75, 3.05) is 0 Å². The zero-order chi connectivity index (χ0) is 15.9. The largest absolute Gasteiger partial charge is 0.462 e. The minimum absolute atomic E-state index is 0.363. The van der Waals surface area contributed by atoms with Crippen LogP contribution < -0.4 is 10.9 Å². The summed E-state index contributed by atoms with van der Waals surface area (Å²) in [6, 6.07) is 10.8. The van der Waals surface area contributed by atoms with Crippen LogP contribution in [0.1, 0.15) is 34.4 Å². The first-order valence-corrected chi connectivity index (χ1v) is 7.02. The molecule has 0 atom stereocenters. The van der Waals surface area contributed by atoms with Gasteiger partial charge in [-0.1, -0.05) is 19.1 Å². The molecule has 0 aliphatic heterocycles. The summed E-state index contributed by atoms with van der Waals surface area (Å²) < 4.78 is 5.30. The fourth-order valence-electron chi connectivity index (χ4n) is 1.82. The number of hydrazine groups is 1. The average molecular weight is 298 g/mol. The Kier molecular flexibility index (Phi) is 5.14. The molecule has 22 heavy (non-hydrogen) atoms. The van der Waals surface area contributed by atoms with E-state index in [2.05, 4.69) is 10.9 Å². The van der Waals surface area contributed by atoms with E-state index in [-0.39, 0.29) is 5.91 Å². The Morgan fingerprint density at radius 3 is 2.41 bits per heavy atom. The minimum atomic E-state index is -0.437. The summed E-state index contributed by atoms with van der Waals surface area (Å²) in [5, 5.41) is 0. The molecule has 1 aromatic carbocycles. The molecular weight excluding hydrogens is 280 g/mol. The van der Waals surface area contributed by atoms with Crippen molar-refractivity contribution in [2.45, 2.75) is 20.3 Å². The number of carbonyl (C=O) groups excluding carboxylic acids is 2. The van der Waals surface area contributed by atoms with Gasteiger partial charge in [-0.3, -0.25) is 20.4 Å². The van der Waals surface area contributed by atoms with Gasteiger partial charge in [-0.05, 0) is 49.2 Å². The van der Waals surface area contributed by atoms with Crippen LogP contribution in [0.4, 0.5) is 0 Å². The molecule has 5 nitrogen and oxygen atoms in total. The molecule has 0 aliphatic rings. The van der Waals surface area contributed by atoms with Gasteiger partial charge in [0.1, 0.15) is 11.5 Å². The maximum absolute atomic E-state index is 11.9. The normalized spacial score (nSPS) is 10.6. The van der Waals surface area contributed by atoms with Crippen LogP contribution >= 0.6 is 0 Å². The number of aryl methyl sites for hydroxylation is 2. The fraction of sp³-hybridized carbons (Fsp3) is 0.176. The molecule has 2 N–H and O–H groups in total. The molecule has 0 saturated heterocycles. The predicted molar refractivity (Wildman–Crippen MR) is 83.9 cm³/mol. The summed E-state index contributed by atoms with van der Waals surface area (Å²) in [7, 11) is 0. The molecule has 2 amide bonds. The second-order valence-electron chi connectivity index (χ2n) is 4.78. The number of furan rings is 1. The lowest BCUT2D eigenvalue weighted by atomic mass is 10.1. The number of nitrogens with one attached hydrogen (secondary N) is 2. The van der Waals surface area contributed by atoms with E-state index in [1.807, 2.05) is 26.0 Å². The molecule has 1 aromatic heterocycles. The Morgan fingerprint density at radius 2 is 1.82 bits per heavy atom. The molecule has 114 valence electrons. The molecule has 0 unspecified atom stereocenters. The second-order valence-corrected chi connectivity index (χ2v) is 4.78. The number of hydrogen-bond acceptors (Lipinski definition) is 3. The summed E-state index contributed by atoms with van der Waals surface area (Å²) in [5.74, 6) is 0.545. The molecule has 5 heteroatoms. The maximum Gasteiger partial charge on any atom is 0.269 e. The SMILES string of the molecule is CCc1ccc(C(=O)NNC(=O)/C=C/c2ccc(C)o2)cc1. The number of benzene rings is 1. The van der Waals surface area contributed by atoms with Crippen molar-refractivity contribution in [1.82, 2.24) is 10.9 Å². The molecule has 0 radical (unpaired) electrons. The summed E-state index contributed by atoms with van der Waals surface area (Å²) in [4.78, 5) is 23.5. The Hall–Kier alpha value is -2.82. The smallest absolute Gasteiger partial charge is 0.269 e. The highest BCUT2D eigenvalue weighted by atomic mass is 16.3. The van der Waals surface area contributed by atoms with E-state index in [1.54, 1.807) is 24.3 Å². The Morgan fingerprint density at radius 1 is 1.09 bits per heavy atom. The maximum atomic E-state index is 11.9. The van der Waals surface area contributed by atoms with Crippen molar-refractivity contribution in [3.05, 3.63) is 65.1 Å². The summed E-state index contributed by atoms with van der Waals surface area (Å²) in [6.07, 6.45) is 3.74. The van der Waals surface area contributed by atoms with E-state index in [0.717, 1.165) is 17.7 Å². The quantitative estimate of drug-likeness (QED) is 0.673. The minimum Gasteiger partial charge on any atom is -0.462 e. The Balaban J connectivity index is 1.84. The average Bonchev–Trinajstić information content (AvgIpc) is 2.96. The molecule has 1 heterocycles. The van der Waals surface area contributed by atoms with Crippen LogP contribution in [0, 0.1) is 6.92 Å². The number of rotatable bonds is 4. The monoisotopic (exact) mass is 298 g/mol. The van der Waals surface area contributed by atoms with Crippen molar-refractivity contribution in [2.24, 2.45) is 0 Å². The molecule has 2 aromatic rings. The van der Waals surface area contributed by atoms with Gasteiger partial charge in [0.05, 0.1) is 0 Å². The van der Waals surface area contributed by atoms with Crippen LogP contribution in [0.2, 0.25) is 0 Å². The molecule has 0 saturated carbocycles. The summed E-state index contributed by atoms with van der Waals surface area (Å²) >= 11 is 0. The number of hydrogen-bond donors (Lipinski definition) is 2. The van der Waals surface area contributed by atoms with Gasteiger partial charge in [0.15, 0.2) is 0 Å². The highest BCUT2D eigenvalue weighted by Crippen LogP contribution is 2.07. The van der Waals surface area contributed by atoms with Crippen molar-refractivity contribution in [3.63, 3.8) is 0 Å². The van der Waals surface area contributed by atoms with Crippen LogP contribution in [-0.4, -0.2) is 11.8 Å². The first-order chi connectivity index (χ1) is 10.6. The highest BCUT2D eigenvalue weighted by molar-refractivity contribution is 5.97. The van der Waals surface area contributed by atoms with Gasteiger partial charge in [-0.25, -0.2) is 0 Å². The number of amides is 2. The molecular formula is C17H18N2O3. The first kappa shape index (κ1) is 15.6. The van der Waals surface area contributed by atoms with Gasteiger partial charge in [-0.15, -0.1) is 0 Å². The highest BCUT2D eigenvalue weighted by Gasteiger charge is 2.05. The van der Waals surface area contributed by atoms with Gasteiger partial charge in [0, 0.05) is 11.6 Å². The van der Waals surface area contributed by atoms with Gasteiger partial charge in [0.25, 0.3) is 11.8 Å². The zero-order valence-electron chi connectivity index (χ0n) is 12.6. The first-order valence-electron chi connectivity index (χ1n) is 7.02. The van der Waals surface area contributed by atoms with Crippen molar-refractivity contribution in [1.29, 1.82) is 0 Å². The third-order valence-corrected chi connectivity index (χ3v) is 3.08. The van der Waals surface area contributed by atoms with Crippen molar-refractivity contribution < 1.29 is 14.0 Å². The van der Waals surface area contributed by atoms with E-state index in [1.165, 1.54) is 12.2 Å². The van der Waals surface area contributed by atoms with Crippen LogP contribution in [0.25, 0.3) is 6.08 Å². The van der Waals surface area contributed by atoms with E-state index in [9.17, 15) is 9.59 Å². The number of carbonyl (C=O) groups is 2. The van der Waals surface area contributed by atoms with E-state index in [0.29, 0.717) is 11.3 Å². The van der Waals surface area contributed by atoms with Gasteiger partial charge in [-0.2, -0.15) is 0 Å². The summed E-state index contributed by atoms with van der Waals surface area (Å²) in [5.41, 5.74) is 6.32. The lowest BCUT2D eigenvalue weighted by molar-refractivity contribution is -0.117. The van der Waals surface area contributed by atoms with Gasteiger partial charge in [0.2, 0.25) is 0 Å². The van der Waals surface area contributed by atoms with E-state index < -0.39 is 5.91 Å². The van der Waals surface area contributed by atoms with Crippen molar-refractivity contribution >= 4 is 17.9 Å². The van der Waals surface area contributed by atoms with Crippen LogP contribution in [0.5, 0.6) is 0 Å². The molecule has 0 aliphatic carbocycles. The zero-order valence-corrected chi connectivity index (χ0v) is 12.6. The molecule has 0 spiro atoms. The van der Waals surface area contributed by atoms with Crippen LogP contribution in [0.3, 0.4) is 0 Å². The van der Waals surface area contributed by atoms with Crippen LogP contribution in [0.15, 0.2) is 46.9 Å². The second kappa shape index (κ2) is 7.26. The third kappa shape index (κ3) is 4.34. The lowest BCUT2D eigenvalue weighted by Gasteiger charge is -2.05. The fourth-order valence-corrected chi connectivity index (χ4v) is 1.82. The molecule has 2 rings (SSSR count). The van der Waals surface area contributed by atoms with Gasteiger partial charge < -0.3 is 4.42 Å². The van der Waals surface area contributed by atoms with Gasteiger partial charge >= 0.3 is 0 Å². The topological polar surface area (TPSA) is 71.3 Å². The Labute approximate surface area is 129 Å². The Bertz CT molecular complexity index is 684. The summed E-state index contributed by atoms with van der Waals surface area (Å²) in [6.45, 7) is 3.86. The predicted octanol–water partition coefficient (Wildman–Crippen LogP) is 2.62. The van der Waals surface area contributed by atoms with Crippen LogP contribution in [-0.2, 0) is 11.2 Å². The van der Waals surface area contributed by atoms with E-state index in [4.69, 9.17) is 4.42 Å². The van der Waals surface area contributed by atoms with E-state index >= 15 is 0 Å².